The van der Waals surface area contributed by atoms with E-state index >= 15 is 0 Å². The van der Waals surface area contributed by atoms with Crippen LogP contribution in [0.2, 0.25) is 0 Å². The molecule has 0 aliphatic heterocycles. The molecule has 1 N–H and O–H groups in total. The molecule has 0 unspecified atom stereocenters. The molecule has 27 heavy (non-hydrogen) atoms. The molecule has 1 aromatic rings. The number of sulfonamides is 1. The van der Waals surface area contributed by atoms with E-state index < -0.39 is 15.6 Å². The summed E-state index contributed by atoms with van der Waals surface area (Å²) in [5.74, 6) is 3.59. The Kier molecular flexibility index (Phi) is 4.75. The van der Waals surface area contributed by atoms with Crippen LogP contribution in [0.25, 0.3) is 0 Å². The van der Waals surface area contributed by atoms with Gasteiger partial charge in [-0.25, -0.2) is 8.42 Å². The standard InChI is InChI=1S/C22H31NO3S/c1-14-6-4-5-7-20(14)27(25,26)23-22(2,3)21(24)13-19-17-9-15-8-16(11-17)12-18(19)10-15/h4-7,15-19,23H,8-13H2,1-3H3. The zero-order valence-corrected chi connectivity index (χ0v) is 17.4. The second-order valence-electron chi connectivity index (χ2n) is 9.72. The van der Waals surface area contributed by atoms with Crippen LogP contribution in [0, 0.1) is 36.5 Å². The molecule has 0 saturated heterocycles. The number of hydrogen-bond acceptors (Lipinski definition) is 3. The summed E-state index contributed by atoms with van der Waals surface area (Å²) in [4.78, 5) is 13.4. The first kappa shape index (κ1) is 19.1. The molecule has 5 heteroatoms. The van der Waals surface area contributed by atoms with Gasteiger partial charge in [-0.15, -0.1) is 0 Å². The summed E-state index contributed by atoms with van der Waals surface area (Å²) in [6.45, 7) is 5.19. The first-order chi connectivity index (χ1) is 12.7. The van der Waals surface area contributed by atoms with Crippen molar-refractivity contribution in [3.63, 3.8) is 0 Å². The zero-order valence-electron chi connectivity index (χ0n) is 16.6. The van der Waals surface area contributed by atoms with E-state index in [0.29, 0.717) is 29.7 Å². The van der Waals surface area contributed by atoms with Crippen LogP contribution in [0.4, 0.5) is 0 Å². The van der Waals surface area contributed by atoms with E-state index in [2.05, 4.69) is 4.72 Å². The largest absolute Gasteiger partial charge is 0.298 e. The number of hydrogen-bond donors (Lipinski definition) is 1. The van der Waals surface area contributed by atoms with Gasteiger partial charge in [0.2, 0.25) is 10.0 Å². The molecule has 4 aliphatic rings. The van der Waals surface area contributed by atoms with Crippen molar-refractivity contribution in [3.8, 4) is 0 Å². The Labute approximate surface area is 163 Å². The Morgan fingerprint density at radius 3 is 2.15 bits per heavy atom. The fourth-order valence-corrected chi connectivity index (χ4v) is 7.79. The third-order valence-electron chi connectivity index (χ3n) is 7.31. The number of rotatable bonds is 6. The molecular weight excluding hydrogens is 358 g/mol. The number of Topliss-reactive ketones (excluding diaryl/α,β-unsaturated/α-hetero) is 1. The van der Waals surface area contributed by atoms with Gasteiger partial charge in [0.1, 0.15) is 0 Å². The predicted molar refractivity (Wildman–Crippen MR) is 106 cm³/mol. The highest BCUT2D eigenvalue weighted by Gasteiger charge is 2.49. The molecule has 148 valence electrons. The van der Waals surface area contributed by atoms with Crippen LogP contribution >= 0.6 is 0 Å². The van der Waals surface area contributed by atoms with Crippen molar-refractivity contribution in [3.05, 3.63) is 29.8 Å². The fraction of sp³-hybridized carbons (Fsp3) is 0.682. The van der Waals surface area contributed by atoms with Crippen molar-refractivity contribution >= 4 is 15.8 Å². The monoisotopic (exact) mass is 389 g/mol. The van der Waals surface area contributed by atoms with Crippen LogP contribution in [0.3, 0.4) is 0 Å². The molecule has 0 radical (unpaired) electrons. The van der Waals surface area contributed by atoms with Crippen molar-refractivity contribution in [1.82, 2.24) is 4.72 Å². The lowest BCUT2D eigenvalue weighted by atomic mass is 9.51. The fourth-order valence-electron chi connectivity index (χ4n) is 6.15. The average Bonchev–Trinajstić information content (AvgIpc) is 2.56. The van der Waals surface area contributed by atoms with E-state index in [9.17, 15) is 13.2 Å². The molecular formula is C22H31NO3S. The summed E-state index contributed by atoms with van der Waals surface area (Å²) in [6.07, 6.45) is 7.02. The zero-order chi connectivity index (χ0) is 19.4. The SMILES string of the molecule is Cc1ccccc1S(=O)(=O)NC(C)(C)C(=O)CC1C2CC3CC(C2)CC1C3. The van der Waals surface area contributed by atoms with E-state index in [1.54, 1.807) is 39.0 Å². The lowest BCUT2D eigenvalue weighted by molar-refractivity contribution is -0.128. The maximum atomic E-state index is 13.1. The highest BCUT2D eigenvalue weighted by Crippen LogP contribution is 2.57. The first-order valence-electron chi connectivity index (χ1n) is 10.3. The minimum atomic E-state index is -3.73. The highest BCUT2D eigenvalue weighted by atomic mass is 32.2. The van der Waals surface area contributed by atoms with Crippen molar-refractivity contribution in [2.75, 3.05) is 0 Å². The summed E-state index contributed by atoms with van der Waals surface area (Å²) < 4.78 is 28.4. The van der Waals surface area contributed by atoms with Crippen LogP contribution in [0.5, 0.6) is 0 Å². The Morgan fingerprint density at radius 1 is 1.04 bits per heavy atom. The molecule has 4 aliphatic carbocycles. The maximum absolute atomic E-state index is 13.1. The molecule has 0 heterocycles. The Hall–Kier alpha value is -1.20. The van der Waals surface area contributed by atoms with E-state index in [-0.39, 0.29) is 10.7 Å². The second kappa shape index (κ2) is 6.70. The summed E-state index contributed by atoms with van der Waals surface area (Å²) in [5, 5.41) is 0. The third-order valence-corrected chi connectivity index (χ3v) is 9.13. The molecule has 1 aromatic carbocycles. The minimum Gasteiger partial charge on any atom is -0.298 e. The van der Waals surface area contributed by atoms with Gasteiger partial charge in [0.15, 0.2) is 5.78 Å². The van der Waals surface area contributed by atoms with Crippen molar-refractivity contribution in [2.24, 2.45) is 29.6 Å². The van der Waals surface area contributed by atoms with E-state index in [1.807, 2.05) is 6.07 Å². The number of carbonyl (C=O) groups excluding carboxylic acids is 1. The number of ketones is 1. The topological polar surface area (TPSA) is 63.2 Å². The van der Waals surface area contributed by atoms with Crippen LogP contribution in [0.1, 0.15) is 57.9 Å². The molecule has 4 bridgehead atoms. The van der Waals surface area contributed by atoms with Gasteiger partial charge in [0.25, 0.3) is 0 Å². The Bertz CT molecular complexity index is 815. The lowest BCUT2D eigenvalue weighted by Gasteiger charge is -2.54. The van der Waals surface area contributed by atoms with Crippen molar-refractivity contribution < 1.29 is 13.2 Å². The molecule has 0 amide bonds. The van der Waals surface area contributed by atoms with Gasteiger partial charge in [0, 0.05) is 6.42 Å². The first-order valence-corrected chi connectivity index (χ1v) is 11.8. The number of benzene rings is 1. The quantitative estimate of drug-likeness (QED) is 0.797. The number of carbonyl (C=O) groups is 1. The number of nitrogens with one attached hydrogen (secondary N) is 1. The van der Waals surface area contributed by atoms with Gasteiger partial charge in [-0.2, -0.15) is 4.72 Å². The van der Waals surface area contributed by atoms with E-state index in [0.717, 1.165) is 11.8 Å². The van der Waals surface area contributed by atoms with Gasteiger partial charge in [-0.1, -0.05) is 18.2 Å². The molecule has 0 aromatic heterocycles. The van der Waals surface area contributed by atoms with Gasteiger partial charge >= 0.3 is 0 Å². The van der Waals surface area contributed by atoms with Gasteiger partial charge in [0.05, 0.1) is 10.4 Å². The smallest absolute Gasteiger partial charge is 0.241 e. The molecule has 0 spiro atoms. The summed E-state index contributed by atoms with van der Waals surface area (Å²) >= 11 is 0. The summed E-state index contributed by atoms with van der Waals surface area (Å²) in [5.41, 5.74) is -0.398. The van der Waals surface area contributed by atoms with Crippen molar-refractivity contribution in [1.29, 1.82) is 0 Å². The third kappa shape index (κ3) is 3.61. The van der Waals surface area contributed by atoms with Crippen LogP contribution in [0.15, 0.2) is 29.2 Å². The Balaban J connectivity index is 1.47. The summed E-state index contributed by atoms with van der Waals surface area (Å²) in [6, 6.07) is 6.90. The van der Waals surface area contributed by atoms with Crippen molar-refractivity contribution in [2.45, 2.75) is 69.7 Å². The Morgan fingerprint density at radius 2 is 1.59 bits per heavy atom. The van der Waals surface area contributed by atoms with Crippen LogP contribution < -0.4 is 4.72 Å². The van der Waals surface area contributed by atoms with Crippen LogP contribution in [-0.4, -0.2) is 19.7 Å². The molecule has 4 saturated carbocycles. The second-order valence-corrected chi connectivity index (χ2v) is 11.4. The minimum absolute atomic E-state index is 0.0251. The van der Waals surface area contributed by atoms with Gasteiger partial charge in [-0.05, 0) is 94.1 Å². The molecule has 4 fully saturated rings. The lowest BCUT2D eigenvalue weighted by Crippen LogP contribution is -2.52. The maximum Gasteiger partial charge on any atom is 0.241 e. The van der Waals surface area contributed by atoms with E-state index in [4.69, 9.17) is 0 Å². The number of aryl methyl sites for hydroxylation is 1. The average molecular weight is 390 g/mol. The van der Waals surface area contributed by atoms with Gasteiger partial charge in [-0.3, -0.25) is 4.79 Å². The predicted octanol–water partition coefficient (Wildman–Crippen LogP) is 4.08. The molecule has 4 nitrogen and oxygen atoms in total. The highest BCUT2D eigenvalue weighted by molar-refractivity contribution is 7.89. The summed E-state index contributed by atoms with van der Waals surface area (Å²) in [7, 11) is -3.73. The van der Waals surface area contributed by atoms with Crippen LogP contribution in [-0.2, 0) is 14.8 Å². The normalized spacial score (nSPS) is 32.6. The van der Waals surface area contributed by atoms with E-state index in [1.165, 1.54) is 32.1 Å². The molecule has 5 rings (SSSR count). The molecule has 0 atom stereocenters. The van der Waals surface area contributed by atoms with Gasteiger partial charge < -0.3 is 0 Å².